The van der Waals surface area contributed by atoms with Gasteiger partial charge in [0.15, 0.2) is 0 Å². The van der Waals surface area contributed by atoms with E-state index in [1.165, 1.54) is 0 Å². The van der Waals surface area contributed by atoms with Crippen LogP contribution in [0.3, 0.4) is 0 Å². The van der Waals surface area contributed by atoms with Crippen molar-refractivity contribution in [1.29, 1.82) is 0 Å². The number of aliphatic hydroxyl groups excluding tert-OH is 1. The second kappa shape index (κ2) is 7.79. The van der Waals surface area contributed by atoms with E-state index < -0.39 is 6.10 Å². The minimum Gasteiger partial charge on any atom is -0.493 e. The lowest BCUT2D eigenvalue weighted by Gasteiger charge is -2.11. The van der Waals surface area contributed by atoms with Gasteiger partial charge in [-0.15, -0.1) is 0 Å². The van der Waals surface area contributed by atoms with Gasteiger partial charge in [0, 0.05) is 18.2 Å². The minimum atomic E-state index is -0.452. The van der Waals surface area contributed by atoms with Crippen molar-refractivity contribution in [3.05, 3.63) is 24.3 Å². The summed E-state index contributed by atoms with van der Waals surface area (Å²) in [5, 5.41) is 11.9. The van der Waals surface area contributed by atoms with Gasteiger partial charge >= 0.3 is 0 Å². The molecule has 1 unspecified atom stereocenters. The van der Waals surface area contributed by atoms with Crippen LogP contribution in [0.15, 0.2) is 24.3 Å². The van der Waals surface area contributed by atoms with E-state index in [4.69, 9.17) is 9.84 Å². The molecule has 1 rings (SSSR count). The number of carbonyl (C=O) groups excluding carboxylic acids is 1. The molecule has 4 heteroatoms. The van der Waals surface area contributed by atoms with Gasteiger partial charge in [0.25, 0.3) is 0 Å². The molecule has 0 radical (unpaired) electrons. The molecule has 1 amide bonds. The molecule has 0 saturated carbocycles. The monoisotopic (exact) mass is 265 g/mol. The number of ether oxygens (including phenoxy) is 1. The lowest BCUT2D eigenvalue weighted by atomic mass is 10.2. The minimum absolute atomic E-state index is 0.0955. The van der Waals surface area contributed by atoms with Crippen LogP contribution in [0, 0.1) is 5.92 Å². The van der Waals surface area contributed by atoms with Crippen molar-refractivity contribution >= 4 is 11.6 Å². The molecule has 0 aliphatic carbocycles. The molecule has 0 aliphatic heterocycles. The van der Waals surface area contributed by atoms with Crippen LogP contribution in [0.5, 0.6) is 5.75 Å². The Labute approximate surface area is 114 Å². The highest BCUT2D eigenvalue weighted by Crippen LogP contribution is 2.18. The SMILES string of the molecule is CC(C)COc1cccc(NC(=O)CCC(C)O)c1. The highest BCUT2D eigenvalue weighted by Gasteiger charge is 2.05. The summed E-state index contributed by atoms with van der Waals surface area (Å²) in [5.41, 5.74) is 0.719. The molecule has 0 heterocycles. The first kappa shape index (κ1) is 15.5. The Morgan fingerprint density at radius 2 is 2.11 bits per heavy atom. The predicted molar refractivity (Wildman–Crippen MR) is 76.3 cm³/mol. The third-order valence-electron chi connectivity index (χ3n) is 2.49. The fourth-order valence-corrected chi connectivity index (χ4v) is 1.49. The molecule has 1 atom stereocenters. The number of nitrogens with one attached hydrogen (secondary N) is 1. The maximum atomic E-state index is 11.6. The van der Waals surface area contributed by atoms with E-state index in [2.05, 4.69) is 19.2 Å². The lowest BCUT2D eigenvalue weighted by molar-refractivity contribution is -0.116. The van der Waals surface area contributed by atoms with Crippen molar-refractivity contribution in [2.75, 3.05) is 11.9 Å². The Morgan fingerprint density at radius 1 is 1.37 bits per heavy atom. The van der Waals surface area contributed by atoms with E-state index in [1.54, 1.807) is 6.92 Å². The molecule has 0 bridgehead atoms. The van der Waals surface area contributed by atoms with Crippen LogP contribution in [0.25, 0.3) is 0 Å². The zero-order valence-corrected chi connectivity index (χ0v) is 11.8. The van der Waals surface area contributed by atoms with E-state index in [1.807, 2.05) is 24.3 Å². The normalized spacial score (nSPS) is 12.3. The van der Waals surface area contributed by atoms with E-state index in [9.17, 15) is 4.79 Å². The number of amides is 1. The van der Waals surface area contributed by atoms with Crippen molar-refractivity contribution in [2.45, 2.75) is 39.7 Å². The van der Waals surface area contributed by atoms with Crippen LogP contribution in [0.2, 0.25) is 0 Å². The fraction of sp³-hybridized carbons (Fsp3) is 0.533. The molecule has 0 fully saturated rings. The van der Waals surface area contributed by atoms with Gasteiger partial charge in [-0.1, -0.05) is 19.9 Å². The predicted octanol–water partition coefficient (Wildman–Crippen LogP) is 2.82. The Morgan fingerprint density at radius 3 is 2.74 bits per heavy atom. The van der Waals surface area contributed by atoms with Crippen molar-refractivity contribution in [1.82, 2.24) is 0 Å². The van der Waals surface area contributed by atoms with Gasteiger partial charge in [0.05, 0.1) is 12.7 Å². The van der Waals surface area contributed by atoms with Crippen LogP contribution in [0.4, 0.5) is 5.69 Å². The van der Waals surface area contributed by atoms with Gasteiger partial charge in [0.1, 0.15) is 5.75 Å². The van der Waals surface area contributed by atoms with Gasteiger partial charge in [-0.2, -0.15) is 0 Å². The zero-order chi connectivity index (χ0) is 14.3. The number of rotatable bonds is 7. The molecule has 4 nitrogen and oxygen atoms in total. The van der Waals surface area contributed by atoms with Gasteiger partial charge in [0.2, 0.25) is 5.91 Å². The van der Waals surface area contributed by atoms with Crippen molar-refractivity contribution in [3.8, 4) is 5.75 Å². The lowest BCUT2D eigenvalue weighted by Crippen LogP contribution is -2.14. The highest BCUT2D eigenvalue weighted by atomic mass is 16.5. The Hall–Kier alpha value is -1.55. The molecule has 2 N–H and O–H groups in total. The second-order valence-electron chi connectivity index (χ2n) is 5.17. The van der Waals surface area contributed by atoms with Gasteiger partial charge < -0.3 is 15.2 Å². The number of anilines is 1. The average Bonchev–Trinajstić information content (AvgIpc) is 2.34. The number of benzene rings is 1. The summed E-state index contributed by atoms with van der Waals surface area (Å²) in [6, 6.07) is 7.35. The summed E-state index contributed by atoms with van der Waals surface area (Å²) in [4.78, 5) is 11.6. The summed E-state index contributed by atoms with van der Waals surface area (Å²) in [6.45, 7) is 6.50. The summed E-state index contributed by atoms with van der Waals surface area (Å²) < 4.78 is 5.60. The summed E-state index contributed by atoms with van der Waals surface area (Å²) >= 11 is 0. The molecule has 0 aromatic heterocycles. The summed E-state index contributed by atoms with van der Waals surface area (Å²) in [6.07, 6.45) is 0.330. The van der Waals surface area contributed by atoms with Gasteiger partial charge in [-0.3, -0.25) is 4.79 Å². The molecular weight excluding hydrogens is 242 g/mol. The van der Waals surface area contributed by atoms with Crippen LogP contribution in [-0.4, -0.2) is 23.7 Å². The standard InChI is InChI=1S/C15H23NO3/c1-11(2)10-19-14-6-4-5-13(9-14)16-15(18)8-7-12(3)17/h4-6,9,11-12,17H,7-8,10H2,1-3H3,(H,16,18). The Bertz CT molecular complexity index is 402. The van der Waals surface area contributed by atoms with Crippen LogP contribution >= 0.6 is 0 Å². The van der Waals surface area contributed by atoms with Crippen molar-refractivity contribution in [3.63, 3.8) is 0 Å². The number of aliphatic hydroxyl groups is 1. The van der Waals surface area contributed by atoms with Gasteiger partial charge in [-0.05, 0) is 31.4 Å². The van der Waals surface area contributed by atoms with Crippen LogP contribution < -0.4 is 10.1 Å². The first-order chi connectivity index (χ1) is 8.97. The van der Waals surface area contributed by atoms with Crippen molar-refractivity contribution in [2.24, 2.45) is 5.92 Å². The summed E-state index contributed by atoms with van der Waals surface area (Å²) in [5.74, 6) is 1.12. The third kappa shape index (κ3) is 6.82. The first-order valence-corrected chi connectivity index (χ1v) is 6.68. The smallest absolute Gasteiger partial charge is 0.224 e. The molecule has 1 aromatic rings. The fourth-order valence-electron chi connectivity index (χ4n) is 1.49. The highest BCUT2D eigenvalue weighted by molar-refractivity contribution is 5.90. The van der Waals surface area contributed by atoms with Crippen LogP contribution in [-0.2, 0) is 4.79 Å². The van der Waals surface area contributed by atoms with E-state index in [0.717, 1.165) is 11.4 Å². The number of hydrogen-bond acceptors (Lipinski definition) is 3. The topological polar surface area (TPSA) is 58.6 Å². The van der Waals surface area contributed by atoms with Crippen molar-refractivity contribution < 1.29 is 14.6 Å². The second-order valence-corrected chi connectivity index (χ2v) is 5.17. The van der Waals surface area contributed by atoms with Crippen LogP contribution in [0.1, 0.15) is 33.6 Å². The molecule has 19 heavy (non-hydrogen) atoms. The molecule has 0 spiro atoms. The van der Waals surface area contributed by atoms with E-state index in [-0.39, 0.29) is 5.91 Å². The van der Waals surface area contributed by atoms with E-state index in [0.29, 0.717) is 25.4 Å². The molecule has 1 aromatic carbocycles. The Balaban J connectivity index is 2.49. The summed E-state index contributed by atoms with van der Waals surface area (Å²) in [7, 11) is 0. The molecule has 106 valence electrons. The molecular formula is C15H23NO3. The Kier molecular flexibility index (Phi) is 6.36. The third-order valence-corrected chi connectivity index (χ3v) is 2.49. The molecule has 0 saturated heterocycles. The number of carbonyl (C=O) groups is 1. The maximum absolute atomic E-state index is 11.6. The average molecular weight is 265 g/mol. The van der Waals surface area contributed by atoms with Gasteiger partial charge in [-0.25, -0.2) is 0 Å². The largest absolute Gasteiger partial charge is 0.493 e. The molecule has 0 aliphatic rings. The maximum Gasteiger partial charge on any atom is 0.224 e. The first-order valence-electron chi connectivity index (χ1n) is 6.68. The van der Waals surface area contributed by atoms with E-state index >= 15 is 0 Å². The number of hydrogen-bond donors (Lipinski definition) is 2. The quantitative estimate of drug-likeness (QED) is 0.797. The zero-order valence-electron chi connectivity index (χ0n) is 11.8.